The van der Waals surface area contributed by atoms with Crippen molar-refractivity contribution in [3.63, 3.8) is 0 Å². The summed E-state index contributed by atoms with van der Waals surface area (Å²) in [5.74, 6) is 0.0868. The van der Waals surface area contributed by atoms with Crippen molar-refractivity contribution in [2.24, 2.45) is 5.92 Å². The lowest BCUT2D eigenvalue weighted by atomic mass is 10.0. The Morgan fingerprint density at radius 1 is 1.30 bits per heavy atom. The molecule has 120 valence electrons. The van der Waals surface area contributed by atoms with Gasteiger partial charge in [-0.25, -0.2) is 4.98 Å². The minimum atomic E-state index is -0.492. The van der Waals surface area contributed by atoms with Gasteiger partial charge in [-0.3, -0.25) is 14.9 Å². The molecule has 23 heavy (non-hydrogen) atoms. The van der Waals surface area contributed by atoms with Crippen molar-refractivity contribution < 1.29 is 14.5 Å². The number of methoxy groups -OCH3 is 1. The highest BCUT2D eigenvalue weighted by Gasteiger charge is 2.13. The van der Waals surface area contributed by atoms with Crippen molar-refractivity contribution in [2.75, 3.05) is 12.4 Å². The third-order valence-electron chi connectivity index (χ3n) is 3.33. The van der Waals surface area contributed by atoms with Crippen LogP contribution in [-0.2, 0) is 16.0 Å². The van der Waals surface area contributed by atoms with E-state index in [9.17, 15) is 14.9 Å². The number of pyridine rings is 1. The van der Waals surface area contributed by atoms with E-state index in [0.29, 0.717) is 12.2 Å². The average molecular weight is 315 g/mol. The summed E-state index contributed by atoms with van der Waals surface area (Å²) in [5, 5.41) is 13.6. The van der Waals surface area contributed by atoms with Crippen molar-refractivity contribution >= 4 is 23.2 Å². The number of anilines is 2. The van der Waals surface area contributed by atoms with Gasteiger partial charge in [0.15, 0.2) is 0 Å². The molecule has 1 heterocycles. The van der Waals surface area contributed by atoms with Gasteiger partial charge < -0.3 is 10.1 Å². The fraction of sp³-hybridized carbons (Fsp3) is 0.250. The van der Waals surface area contributed by atoms with Gasteiger partial charge in [0.25, 0.3) is 5.69 Å². The number of hydrogen-bond acceptors (Lipinski definition) is 6. The molecule has 0 aliphatic heterocycles. The van der Waals surface area contributed by atoms with Gasteiger partial charge >= 0.3 is 5.97 Å². The molecule has 0 amide bonds. The highest BCUT2D eigenvalue weighted by molar-refractivity contribution is 5.72. The predicted octanol–water partition coefficient (Wildman–Crippen LogP) is 3.09. The zero-order valence-corrected chi connectivity index (χ0v) is 12.9. The van der Waals surface area contributed by atoms with E-state index in [-0.39, 0.29) is 17.6 Å². The number of nitrogens with zero attached hydrogens (tertiary/aromatic N) is 2. The summed E-state index contributed by atoms with van der Waals surface area (Å²) in [4.78, 5) is 25.5. The first kappa shape index (κ1) is 16.4. The normalized spacial score (nSPS) is 11.6. The van der Waals surface area contributed by atoms with E-state index in [2.05, 4.69) is 10.3 Å². The smallest absolute Gasteiger partial charge is 0.308 e. The van der Waals surface area contributed by atoms with E-state index in [1.165, 1.54) is 19.4 Å². The fourth-order valence-corrected chi connectivity index (χ4v) is 2.08. The summed E-state index contributed by atoms with van der Waals surface area (Å²) in [5.41, 5.74) is 1.77. The van der Waals surface area contributed by atoms with Gasteiger partial charge in [-0.15, -0.1) is 0 Å². The maximum Gasteiger partial charge on any atom is 0.308 e. The second kappa shape index (κ2) is 7.35. The molecule has 0 aliphatic rings. The van der Waals surface area contributed by atoms with Crippen LogP contribution in [0, 0.1) is 16.0 Å². The SMILES string of the molecule is COC(=O)C(C)Cc1ccc(Nc2ccc([N+](=O)[O-])cn2)cc1. The molecule has 2 rings (SSSR count). The van der Waals surface area contributed by atoms with Gasteiger partial charge in [0.05, 0.1) is 18.0 Å². The van der Waals surface area contributed by atoms with E-state index >= 15 is 0 Å². The van der Waals surface area contributed by atoms with Crippen LogP contribution < -0.4 is 5.32 Å². The highest BCUT2D eigenvalue weighted by Crippen LogP contribution is 2.19. The lowest BCUT2D eigenvalue weighted by molar-refractivity contribution is -0.385. The first-order valence-corrected chi connectivity index (χ1v) is 7.04. The molecule has 0 saturated heterocycles. The van der Waals surface area contributed by atoms with Crippen LogP contribution in [0.1, 0.15) is 12.5 Å². The van der Waals surface area contributed by atoms with Crippen LogP contribution >= 0.6 is 0 Å². The Kier molecular flexibility index (Phi) is 5.24. The Morgan fingerprint density at radius 3 is 2.52 bits per heavy atom. The molecule has 2 aromatic rings. The minimum absolute atomic E-state index is 0.0531. The largest absolute Gasteiger partial charge is 0.469 e. The van der Waals surface area contributed by atoms with Crippen molar-refractivity contribution in [3.05, 3.63) is 58.3 Å². The average Bonchev–Trinajstić information content (AvgIpc) is 2.56. The molecule has 7 nitrogen and oxygen atoms in total. The van der Waals surface area contributed by atoms with Crippen LogP contribution in [0.5, 0.6) is 0 Å². The first-order chi connectivity index (χ1) is 11.0. The molecule has 0 radical (unpaired) electrons. The van der Waals surface area contributed by atoms with Crippen molar-refractivity contribution in [2.45, 2.75) is 13.3 Å². The van der Waals surface area contributed by atoms with Gasteiger partial charge in [0.2, 0.25) is 0 Å². The molecule has 1 atom stereocenters. The lowest BCUT2D eigenvalue weighted by Crippen LogP contribution is -2.15. The maximum absolute atomic E-state index is 11.4. The van der Waals surface area contributed by atoms with Crippen molar-refractivity contribution in [3.8, 4) is 0 Å². The standard InChI is InChI=1S/C16H17N3O4/c1-11(16(20)23-2)9-12-3-5-13(6-4-12)18-15-8-7-14(10-17-15)19(21)22/h3-8,10-11H,9H2,1-2H3,(H,17,18). The predicted molar refractivity (Wildman–Crippen MR) is 85.5 cm³/mol. The lowest BCUT2D eigenvalue weighted by Gasteiger charge is -2.10. The fourth-order valence-electron chi connectivity index (χ4n) is 2.08. The molecule has 0 spiro atoms. The third-order valence-corrected chi connectivity index (χ3v) is 3.33. The number of rotatable bonds is 6. The minimum Gasteiger partial charge on any atom is -0.469 e. The second-order valence-corrected chi connectivity index (χ2v) is 5.11. The van der Waals surface area contributed by atoms with E-state index in [1.54, 1.807) is 6.07 Å². The molecule has 0 bridgehead atoms. The molecular weight excluding hydrogens is 298 g/mol. The first-order valence-electron chi connectivity index (χ1n) is 7.04. The van der Waals surface area contributed by atoms with Crippen LogP contribution in [0.4, 0.5) is 17.2 Å². The van der Waals surface area contributed by atoms with Crippen LogP contribution in [0.3, 0.4) is 0 Å². The number of nitro groups is 1. The summed E-state index contributed by atoms with van der Waals surface area (Å²) in [6.45, 7) is 1.82. The van der Waals surface area contributed by atoms with Crippen LogP contribution in [0.25, 0.3) is 0 Å². The topological polar surface area (TPSA) is 94.4 Å². The molecule has 1 aromatic carbocycles. The molecule has 1 unspecified atom stereocenters. The van der Waals surface area contributed by atoms with E-state index < -0.39 is 4.92 Å². The quantitative estimate of drug-likeness (QED) is 0.500. The Balaban J connectivity index is 1.99. The monoisotopic (exact) mass is 315 g/mol. The molecule has 0 saturated carbocycles. The van der Waals surface area contributed by atoms with Gasteiger partial charge in [-0.2, -0.15) is 0 Å². The number of benzene rings is 1. The number of carbonyl (C=O) groups excluding carboxylic acids is 1. The number of carbonyl (C=O) groups is 1. The van der Waals surface area contributed by atoms with Crippen LogP contribution in [0.15, 0.2) is 42.6 Å². The third kappa shape index (κ3) is 4.50. The summed E-state index contributed by atoms with van der Waals surface area (Å²) in [7, 11) is 1.38. The van der Waals surface area contributed by atoms with Crippen LogP contribution in [-0.4, -0.2) is 23.0 Å². The summed E-state index contributed by atoms with van der Waals surface area (Å²) in [6.07, 6.45) is 1.80. The zero-order valence-electron chi connectivity index (χ0n) is 12.9. The van der Waals surface area contributed by atoms with Gasteiger partial charge in [0.1, 0.15) is 12.0 Å². The number of esters is 1. The van der Waals surface area contributed by atoms with E-state index in [1.807, 2.05) is 31.2 Å². The number of hydrogen-bond donors (Lipinski definition) is 1. The molecule has 0 aliphatic carbocycles. The summed E-state index contributed by atoms with van der Waals surface area (Å²) >= 11 is 0. The molecule has 1 aromatic heterocycles. The Hall–Kier alpha value is -2.96. The maximum atomic E-state index is 11.4. The molecule has 7 heteroatoms. The molecule has 1 N–H and O–H groups in total. The van der Waals surface area contributed by atoms with Gasteiger partial charge in [-0.05, 0) is 30.2 Å². The van der Waals surface area contributed by atoms with Crippen molar-refractivity contribution in [1.29, 1.82) is 0 Å². The van der Waals surface area contributed by atoms with Crippen molar-refractivity contribution in [1.82, 2.24) is 4.98 Å². The Bertz CT molecular complexity index is 683. The van der Waals surface area contributed by atoms with E-state index in [4.69, 9.17) is 4.74 Å². The highest BCUT2D eigenvalue weighted by atomic mass is 16.6. The number of nitrogens with one attached hydrogen (secondary N) is 1. The summed E-state index contributed by atoms with van der Waals surface area (Å²) < 4.78 is 4.71. The number of aromatic nitrogens is 1. The molecular formula is C16H17N3O4. The zero-order chi connectivity index (χ0) is 16.8. The Labute approximate surface area is 133 Å². The van der Waals surface area contributed by atoms with E-state index in [0.717, 1.165) is 11.3 Å². The Morgan fingerprint density at radius 2 is 2.00 bits per heavy atom. The van der Waals surface area contributed by atoms with Gasteiger partial charge in [-0.1, -0.05) is 19.1 Å². The number of ether oxygens (including phenoxy) is 1. The second-order valence-electron chi connectivity index (χ2n) is 5.11. The summed E-state index contributed by atoms with van der Waals surface area (Å²) in [6, 6.07) is 10.5. The molecule has 0 fully saturated rings. The van der Waals surface area contributed by atoms with Crippen LogP contribution in [0.2, 0.25) is 0 Å². The van der Waals surface area contributed by atoms with Gasteiger partial charge in [0, 0.05) is 11.8 Å².